The first-order valence-corrected chi connectivity index (χ1v) is 7.26. The Morgan fingerprint density at radius 3 is 3.00 bits per heavy atom. The zero-order chi connectivity index (χ0) is 14.5. The minimum atomic E-state index is -0.124. The van der Waals surface area contributed by atoms with Gasteiger partial charge in [-0.2, -0.15) is 0 Å². The molecule has 0 spiro atoms. The Balaban J connectivity index is 1.45. The molecule has 1 aromatic carbocycles. The van der Waals surface area contributed by atoms with E-state index < -0.39 is 0 Å². The van der Waals surface area contributed by atoms with Crippen molar-refractivity contribution in [2.45, 2.75) is 19.3 Å². The van der Waals surface area contributed by atoms with Gasteiger partial charge in [-0.05, 0) is 54.7 Å². The van der Waals surface area contributed by atoms with Gasteiger partial charge in [-0.1, -0.05) is 6.07 Å². The van der Waals surface area contributed by atoms with Gasteiger partial charge in [0.15, 0.2) is 0 Å². The van der Waals surface area contributed by atoms with Crippen molar-refractivity contribution in [1.82, 2.24) is 10.3 Å². The summed E-state index contributed by atoms with van der Waals surface area (Å²) in [5, 5.41) is 2.82. The molecule has 1 N–H and O–H groups in total. The number of benzene rings is 1. The van der Waals surface area contributed by atoms with Gasteiger partial charge in [0.2, 0.25) is 0 Å². The van der Waals surface area contributed by atoms with Crippen LogP contribution >= 0.6 is 0 Å². The molecule has 0 aliphatic heterocycles. The number of pyridine rings is 1. The van der Waals surface area contributed by atoms with Gasteiger partial charge in [0.05, 0.1) is 12.1 Å². The Hall–Kier alpha value is -2.36. The van der Waals surface area contributed by atoms with Crippen molar-refractivity contribution in [3.8, 4) is 5.75 Å². The van der Waals surface area contributed by atoms with E-state index in [1.165, 1.54) is 24.0 Å². The number of carbonyl (C=O) groups excluding carboxylic acids is 1. The molecule has 1 aliphatic carbocycles. The highest BCUT2D eigenvalue weighted by molar-refractivity contribution is 5.93. The summed E-state index contributed by atoms with van der Waals surface area (Å²) >= 11 is 0. The summed E-state index contributed by atoms with van der Waals surface area (Å²) in [6.07, 6.45) is 6.76. The van der Waals surface area contributed by atoms with E-state index in [9.17, 15) is 4.79 Å². The van der Waals surface area contributed by atoms with Crippen LogP contribution in [0.2, 0.25) is 0 Å². The van der Waals surface area contributed by atoms with Gasteiger partial charge in [-0.15, -0.1) is 0 Å². The Labute approximate surface area is 124 Å². The smallest absolute Gasteiger partial charge is 0.252 e. The van der Waals surface area contributed by atoms with Crippen LogP contribution in [0.4, 0.5) is 0 Å². The van der Waals surface area contributed by atoms with Crippen molar-refractivity contribution in [2.24, 2.45) is 0 Å². The molecule has 21 heavy (non-hydrogen) atoms. The number of aromatic nitrogens is 1. The van der Waals surface area contributed by atoms with Crippen molar-refractivity contribution in [2.75, 3.05) is 13.2 Å². The van der Waals surface area contributed by atoms with Gasteiger partial charge in [-0.3, -0.25) is 9.78 Å². The van der Waals surface area contributed by atoms with E-state index in [4.69, 9.17) is 4.74 Å². The average Bonchev–Trinajstić information content (AvgIpc) is 3.00. The zero-order valence-corrected chi connectivity index (χ0v) is 11.8. The SMILES string of the molecule is O=C(NCCOc1ccc2c(c1)CCC2)c1cccnc1. The summed E-state index contributed by atoms with van der Waals surface area (Å²) in [6.45, 7) is 0.940. The third-order valence-corrected chi connectivity index (χ3v) is 3.65. The van der Waals surface area contributed by atoms with Crippen molar-refractivity contribution in [3.05, 3.63) is 59.4 Å². The highest BCUT2D eigenvalue weighted by atomic mass is 16.5. The molecule has 0 saturated heterocycles. The Morgan fingerprint density at radius 2 is 2.14 bits per heavy atom. The molecule has 0 radical (unpaired) electrons. The second-order valence-electron chi connectivity index (χ2n) is 5.13. The van der Waals surface area contributed by atoms with E-state index in [0.29, 0.717) is 18.7 Å². The lowest BCUT2D eigenvalue weighted by atomic mass is 10.1. The minimum Gasteiger partial charge on any atom is -0.492 e. The lowest BCUT2D eigenvalue weighted by Crippen LogP contribution is -2.28. The highest BCUT2D eigenvalue weighted by Gasteiger charge is 2.11. The highest BCUT2D eigenvalue weighted by Crippen LogP contribution is 2.25. The average molecular weight is 282 g/mol. The maximum Gasteiger partial charge on any atom is 0.252 e. The van der Waals surface area contributed by atoms with E-state index in [-0.39, 0.29) is 5.91 Å². The molecule has 2 aromatic rings. The molecule has 1 aromatic heterocycles. The molecule has 1 heterocycles. The minimum absolute atomic E-state index is 0.124. The molecule has 0 unspecified atom stereocenters. The van der Waals surface area contributed by atoms with Gasteiger partial charge in [-0.25, -0.2) is 0 Å². The van der Waals surface area contributed by atoms with Gasteiger partial charge < -0.3 is 10.1 Å². The monoisotopic (exact) mass is 282 g/mol. The fourth-order valence-corrected chi connectivity index (χ4v) is 2.57. The summed E-state index contributed by atoms with van der Waals surface area (Å²) < 4.78 is 5.69. The topological polar surface area (TPSA) is 51.2 Å². The summed E-state index contributed by atoms with van der Waals surface area (Å²) in [5.74, 6) is 0.756. The Kier molecular flexibility index (Phi) is 4.15. The summed E-state index contributed by atoms with van der Waals surface area (Å²) in [5.41, 5.74) is 3.40. The first-order valence-electron chi connectivity index (χ1n) is 7.26. The van der Waals surface area contributed by atoms with E-state index in [1.807, 2.05) is 6.07 Å². The van der Waals surface area contributed by atoms with Crippen LogP contribution in [0.25, 0.3) is 0 Å². The Morgan fingerprint density at radius 1 is 1.24 bits per heavy atom. The number of hydrogen-bond acceptors (Lipinski definition) is 3. The standard InChI is InChI=1S/C17H18N2O2/c20-17(15-5-2-8-18-12-15)19-9-10-21-16-7-6-13-3-1-4-14(13)11-16/h2,5-8,11-12H,1,3-4,9-10H2,(H,19,20). The van der Waals surface area contributed by atoms with Gasteiger partial charge >= 0.3 is 0 Å². The van der Waals surface area contributed by atoms with Crippen molar-refractivity contribution < 1.29 is 9.53 Å². The number of ether oxygens (including phenoxy) is 1. The number of fused-ring (bicyclic) bond motifs is 1. The van der Waals surface area contributed by atoms with E-state index >= 15 is 0 Å². The number of nitrogens with zero attached hydrogens (tertiary/aromatic N) is 1. The number of hydrogen-bond donors (Lipinski definition) is 1. The summed E-state index contributed by atoms with van der Waals surface area (Å²) in [7, 11) is 0. The fraction of sp³-hybridized carbons (Fsp3) is 0.294. The second kappa shape index (κ2) is 6.39. The lowest BCUT2D eigenvalue weighted by Gasteiger charge is -2.09. The fourth-order valence-electron chi connectivity index (χ4n) is 2.57. The molecule has 0 atom stereocenters. The number of amides is 1. The Bertz CT molecular complexity index is 626. The van der Waals surface area contributed by atoms with Crippen LogP contribution in [0.15, 0.2) is 42.7 Å². The van der Waals surface area contributed by atoms with Gasteiger partial charge in [0, 0.05) is 12.4 Å². The number of nitrogens with one attached hydrogen (secondary N) is 1. The first kappa shape index (κ1) is 13.6. The molecule has 0 bridgehead atoms. The third kappa shape index (κ3) is 3.40. The molecule has 108 valence electrons. The van der Waals surface area contributed by atoms with Crippen LogP contribution < -0.4 is 10.1 Å². The maximum absolute atomic E-state index is 11.8. The normalized spacial score (nSPS) is 12.8. The van der Waals surface area contributed by atoms with E-state index in [2.05, 4.69) is 22.4 Å². The van der Waals surface area contributed by atoms with Crippen molar-refractivity contribution in [3.63, 3.8) is 0 Å². The van der Waals surface area contributed by atoms with Crippen LogP contribution in [-0.4, -0.2) is 24.0 Å². The number of rotatable bonds is 5. The van der Waals surface area contributed by atoms with Crippen LogP contribution in [0.3, 0.4) is 0 Å². The molecular weight excluding hydrogens is 264 g/mol. The van der Waals surface area contributed by atoms with Crippen LogP contribution in [0, 0.1) is 0 Å². The predicted molar refractivity (Wildman–Crippen MR) is 80.5 cm³/mol. The summed E-state index contributed by atoms with van der Waals surface area (Å²) in [6, 6.07) is 9.75. The van der Waals surface area contributed by atoms with Crippen LogP contribution in [0.1, 0.15) is 27.9 Å². The number of carbonyl (C=O) groups is 1. The van der Waals surface area contributed by atoms with Gasteiger partial charge in [0.25, 0.3) is 5.91 Å². The molecule has 0 fully saturated rings. The number of aryl methyl sites for hydroxylation is 2. The quantitative estimate of drug-likeness (QED) is 0.857. The van der Waals surface area contributed by atoms with Crippen molar-refractivity contribution >= 4 is 5.91 Å². The molecule has 3 rings (SSSR count). The molecule has 0 saturated carbocycles. The second-order valence-corrected chi connectivity index (χ2v) is 5.13. The van der Waals surface area contributed by atoms with Crippen molar-refractivity contribution in [1.29, 1.82) is 0 Å². The van der Waals surface area contributed by atoms with E-state index in [1.54, 1.807) is 24.5 Å². The summed E-state index contributed by atoms with van der Waals surface area (Å²) in [4.78, 5) is 15.7. The zero-order valence-electron chi connectivity index (χ0n) is 11.8. The van der Waals surface area contributed by atoms with E-state index in [0.717, 1.165) is 12.2 Å². The molecule has 1 aliphatic rings. The third-order valence-electron chi connectivity index (χ3n) is 3.65. The predicted octanol–water partition coefficient (Wildman–Crippen LogP) is 2.38. The molecule has 1 amide bonds. The maximum atomic E-state index is 11.8. The molecule has 4 nitrogen and oxygen atoms in total. The van der Waals surface area contributed by atoms with Crippen LogP contribution in [-0.2, 0) is 12.8 Å². The molecular formula is C17H18N2O2. The lowest BCUT2D eigenvalue weighted by molar-refractivity contribution is 0.0946. The van der Waals surface area contributed by atoms with Gasteiger partial charge in [0.1, 0.15) is 12.4 Å². The van der Waals surface area contributed by atoms with Crippen LogP contribution in [0.5, 0.6) is 5.75 Å². The molecule has 4 heteroatoms. The first-order chi connectivity index (χ1) is 10.3. The largest absolute Gasteiger partial charge is 0.492 e.